The first-order valence-corrected chi connectivity index (χ1v) is 9.38. The summed E-state index contributed by atoms with van der Waals surface area (Å²) in [6.45, 7) is 4.15. The highest BCUT2D eigenvalue weighted by molar-refractivity contribution is 7.12. The first-order valence-electron chi connectivity index (χ1n) is 8.56. The Balaban J connectivity index is 1.83. The monoisotopic (exact) mass is 305 g/mol. The second kappa shape index (κ2) is 7.46. The number of aryl methyl sites for hydroxylation is 2. The van der Waals surface area contributed by atoms with E-state index in [2.05, 4.69) is 24.4 Å². The summed E-state index contributed by atoms with van der Waals surface area (Å²) in [6.07, 6.45) is 12.4. The maximum Gasteiger partial charge on any atom is 0.114 e. The van der Waals surface area contributed by atoms with E-state index < -0.39 is 0 Å². The molecule has 0 saturated heterocycles. The van der Waals surface area contributed by atoms with Gasteiger partial charge < -0.3 is 10.1 Å². The Morgan fingerprint density at radius 3 is 2.95 bits per heavy atom. The van der Waals surface area contributed by atoms with E-state index >= 15 is 0 Å². The lowest BCUT2D eigenvalue weighted by Crippen LogP contribution is -2.25. The molecule has 0 aromatic carbocycles. The molecular weight excluding hydrogens is 278 g/mol. The molecule has 21 heavy (non-hydrogen) atoms. The van der Waals surface area contributed by atoms with Crippen molar-refractivity contribution in [3.8, 4) is 0 Å². The van der Waals surface area contributed by atoms with Gasteiger partial charge in [-0.2, -0.15) is 0 Å². The van der Waals surface area contributed by atoms with Gasteiger partial charge in [0.15, 0.2) is 0 Å². The van der Waals surface area contributed by atoms with Crippen LogP contribution in [0, 0.1) is 0 Å². The fraction of sp³-hybridized carbons (Fsp3) is 0.667. The second-order valence-electron chi connectivity index (χ2n) is 6.14. The Morgan fingerprint density at radius 2 is 2.14 bits per heavy atom. The Kier molecular flexibility index (Phi) is 5.37. The van der Waals surface area contributed by atoms with Gasteiger partial charge in [0.1, 0.15) is 5.76 Å². The normalized spacial score (nSPS) is 20.1. The molecule has 0 spiro atoms. The van der Waals surface area contributed by atoms with Crippen LogP contribution in [-0.2, 0) is 17.6 Å². The predicted molar refractivity (Wildman–Crippen MR) is 89.9 cm³/mol. The van der Waals surface area contributed by atoms with Crippen molar-refractivity contribution in [1.29, 1.82) is 0 Å². The zero-order valence-corrected chi connectivity index (χ0v) is 13.9. The van der Waals surface area contributed by atoms with Crippen LogP contribution in [0.25, 0.3) is 0 Å². The van der Waals surface area contributed by atoms with Crippen molar-refractivity contribution in [2.75, 3.05) is 13.2 Å². The van der Waals surface area contributed by atoms with E-state index in [1.54, 1.807) is 10.4 Å². The third-order valence-electron chi connectivity index (χ3n) is 4.40. The maximum atomic E-state index is 5.95. The summed E-state index contributed by atoms with van der Waals surface area (Å²) in [4.78, 5) is 3.09. The van der Waals surface area contributed by atoms with Crippen LogP contribution in [0.4, 0.5) is 0 Å². The van der Waals surface area contributed by atoms with E-state index in [9.17, 15) is 0 Å². The standard InChI is InChI=1S/C18H27NOS/c1-2-11-19-18(15-9-6-7-12-20-15)17-13-14-8-4-3-5-10-16(14)21-17/h9,13,18-19H,2-8,10-12H2,1H3. The summed E-state index contributed by atoms with van der Waals surface area (Å²) < 4.78 is 5.95. The van der Waals surface area contributed by atoms with E-state index in [-0.39, 0.29) is 6.04 Å². The molecule has 0 fully saturated rings. The highest BCUT2D eigenvalue weighted by atomic mass is 32.1. The Bertz CT molecular complexity index is 468. The van der Waals surface area contributed by atoms with E-state index in [0.717, 1.165) is 38.2 Å². The SMILES string of the molecule is CCCNC(C1=CCCCO1)c1cc2c(s1)CCCCC2. The molecule has 3 rings (SSSR count). The van der Waals surface area contributed by atoms with Crippen molar-refractivity contribution in [2.45, 2.75) is 64.3 Å². The van der Waals surface area contributed by atoms with Gasteiger partial charge in [0.05, 0.1) is 12.6 Å². The van der Waals surface area contributed by atoms with Gasteiger partial charge in [0, 0.05) is 9.75 Å². The zero-order chi connectivity index (χ0) is 14.5. The molecule has 2 aliphatic rings. The number of fused-ring (bicyclic) bond motifs is 1. The topological polar surface area (TPSA) is 21.3 Å². The maximum absolute atomic E-state index is 5.95. The smallest absolute Gasteiger partial charge is 0.114 e. The highest BCUT2D eigenvalue weighted by Crippen LogP contribution is 2.36. The molecule has 1 aromatic heterocycles. The fourth-order valence-corrected chi connectivity index (χ4v) is 4.58. The molecule has 1 aliphatic heterocycles. The van der Waals surface area contributed by atoms with Crippen molar-refractivity contribution >= 4 is 11.3 Å². The van der Waals surface area contributed by atoms with Crippen LogP contribution in [0.3, 0.4) is 0 Å². The molecule has 1 aliphatic carbocycles. The van der Waals surface area contributed by atoms with Gasteiger partial charge in [-0.3, -0.25) is 0 Å². The molecule has 2 heterocycles. The molecular formula is C18H27NOS. The number of nitrogens with one attached hydrogen (secondary N) is 1. The molecule has 0 amide bonds. The Hall–Kier alpha value is -0.800. The number of hydrogen-bond acceptors (Lipinski definition) is 3. The lowest BCUT2D eigenvalue weighted by Gasteiger charge is -2.24. The predicted octanol–water partition coefficient (Wildman–Crippen LogP) is 4.75. The first-order chi connectivity index (χ1) is 10.4. The summed E-state index contributed by atoms with van der Waals surface area (Å²) in [5, 5.41) is 3.70. The molecule has 1 unspecified atom stereocenters. The van der Waals surface area contributed by atoms with E-state index in [4.69, 9.17) is 4.74 Å². The van der Waals surface area contributed by atoms with Gasteiger partial charge in [0.2, 0.25) is 0 Å². The Morgan fingerprint density at radius 1 is 1.24 bits per heavy atom. The minimum Gasteiger partial charge on any atom is -0.496 e. The van der Waals surface area contributed by atoms with Crippen LogP contribution >= 0.6 is 11.3 Å². The van der Waals surface area contributed by atoms with E-state index in [0.29, 0.717) is 0 Å². The zero-order valence-electron chi connectivity index (χ0n) is 13.1. The summed E-state index contributed by atoms with van der Waals surface area (Å²) in [6, 6.07) is 2.74. The average molecular weight is 305 g/mol. The Labute approximate surface area is 132 Å². The molecule has 0 saturated carbocycles. The summed E-state index contributed by atoms with van der Waals surface area (Å²) >= 11 is 2.02. The summed E-state index contributed by atoms with van der Waals surface area (Å²) in [7, 11) is 0. The number of allylic oxidation sites excluding steroid dienone is 1. The summed E-state index contributed by atoms with van der Waals surface area (Å²) in [5.74, 6) is 1.16. The average Bonchev–Trinajstić information content (AvgIpc) is 2.79. The number of ether oxygens (including phenoxy) is 1. The minimum atomic E-state index is 0.280. The lowest BCUT2D eigenvalue weighted by atomic mass is 10.1. The van der Waals surface area contributed by atoms with Crippen molar-refractivity contribution in [2.24, 2.45) is 0 Å². The number of rotatable bonds is 5. The first kappa shape index (κ1) is 15.1. The summed E-state index contributed by atoms with van der Waals surface area (Å²) in [5.41, 5.74) is 1.60. The third kappa shape index (κ3) is 3.70. The van der Waals surface area contributed by atoms with Crippen molar-refractivity contribution in [3.63, 3.8) is 0 Å². The number of hydrogen-bond donors (Lipinski definition) is 1. The van der Waals surface area contributed by atoms with Crippen LogP contribution in [0.2, 0.25) is 0 Å². The van der Waals surface area contributed by atoms with Gasteiger partial charge in [-0.1, -0.05) is 13.3 Å². The molecule has 1 aromatic rings. The van der Waals surface area contributed by atoms with Crippen molar-refractivity contribution < 1.29 is 4.74 Å². The van der Waals surface area contributed by atoms with Crippen LogP contribution in [-0.4, -0.2) is 13.2 Å². The van der Waals surface area contributed by atoms with E-state index in [1.165, 1.54) is 37.0 Å². The van der Waals surface area contributed by atoms with Gasteiger partial charge in [0.25, 0.3) is 0 Å². The van der Waals surface area contributed by atoms with Crippen LogP contribution in [0.1, 0.15) is 66.8 Å². The largest absolute Gasteiger partial charge is 0.496 e. The quantitative estimate of drug-likeness (QED) is 0.792. The van der Waals surface area contributed by atoms with Gasteiger partial charge >= 0.3 is 0 Å². The van der Waals surface area contributed by atoms with Crippen LogP contribution < -0.4 is 5.32 Å². The molecule has 1 atom stereocenters. The van der Waals surface area contributed by atoms with Crippen molar-refractivity contribution in [1.82, 2.24) is 5.32 Å². The lowest BCUT2D eigenvalue weighted by molar-refractivity contribution is 0.168. The molecule has 0 bridgehead atoms. The molecule has 1 N–H and O–H groups in total. The number of thiophene rings is 1. The van der Waals surface area contributed by atoms with E-state index in [1.807, 2.05) is 11.3 Å². The van der Waals surface area contributed by atoms with Gasteiger partial charge in [-0.15, -0.1) is 11.3 Å². The van der Waals surface area contributed by atoms with Gasteiger partial charge in [-0.05, 0) is 69.2 Å². The molecule has 2 nitrogen and oxygen atoms in total. The molecule has 0 radical (unpaired) electrons. The minimum absolute atomic E-state index is 0.280. The van der Waals surface area contributed by atoms with Gasteiger partial charge in [-0.25, -0.2) is 0 Å². The molecule has 116 valence electrons. The highest BCUT2D eigenvalue weighted by Gasteiger charge is 2.23. The van der Waals surface area contributed by atoms with Crippen molar-refractivity contribution in [3.05, 3.63) is 33.2 Å². The fourth-order valence-electron chi connectivity index (χ4n) is 3.24. The third-order valence-corrected chi connectivity index (χ3v) is 5.70. The molecule has 3 heteroatoms. The van der Waals surface area contributed by atoms with Crippen LogP contribution in [0.15, 0.2) is 17.9 Å². The second-order valence-corrected chi connectivity index (χ2v) is 7.31. The van der Waals surface area contributed by atoms with Crippen LogP contribution in [0.5, 0.6) is 0 Å².